The van der Waals surface area contributed by atoms with Crippen molar-refractivity contribution in [2.75, 3.05) is 13.2 Å². The third-order valence-corrected chi connectivity index (χ3v) is 4.44. The van der Waals surface area contributed by atoms with E-state index in [1.54, 1.807) is 0 Å². The standard InChI is InChI=1S/C18H29NO2/c1-4-20-16-10-9-15(12-17(16)21-5-2)18(19)14-8-6-7-13(3)11-14/h9-10,12-14,18H,4-8,11,19H2,1-3H3. The van der Waals surface area contributed by atoms with Crippen LogP contribution in [-0.4, -0.2) is 13.2 Å². The maximum atomic E-state index is 6.52. The highest BCUT2D eigenvalue weighted by Gasteiger charge is 2.26. The fourth-order valence-corrected chi connectivity index (χ4v) is 3.35. The summed E-state index contributed by atoms with van der Waals surface area (Å²) in [5.74, 6) is 3.01. The van der Waals surface area contributed by atoms with Gasteiger partial charge in [0.1, 0.15) is 0 Å². The first-order valence-electron chi connectivity index (χ1n) is 8.30. The molecule has 0 bridgehead atoms. The van der Waals surface area contributed by atoms with Crippen molar-refractivity contribution in [2.24, 2.45) is 17.6 Å². The zero-order chi connectivity index (χ0) is 15.2. The van der Waals surface area contributed by atoms with Gasteiger partial charge in [-0.15, -0.1) is 0 Å². The molecular weight excluding hydrogens is 262 g/mol. The lowest BCUT2D eigenvalue weighted by Crippen LogP contribution is -2.26. The molecule has 1 aliphatic carbocycles. The van der Waals surface area contributed by atoms with E-state index in [9.17, 15) is 0 Å². The van der Waals surface area contributed by atoms with E-state index in [-0.39, 0.29) is 6.04 Å². The SMILES string of the molecule is CCOc1ccc(C(N)C2CCCC(C)C2)cc1OCC. The summed E-state index contributed by atoms with van der Waals surface area (Å²) in [6.45, 7) is 7.59. The van der Waals surface area contributed by atoms with E-state index in [2.05, 4.69) is 19.1 Å². The Balaban J connectivity index is 2.16. The molecule has 3 nitrogen and oxygen atoms in total. The van der Waals surface area contributed by atoms with Crippen molar-refractivity contribution in [3.63, 3.8) is 0 Å². The van der Waals surface area contributed by atoms with Crippen LogP contribution in [0.1, 0.15) is 58.1 Å². The third kappa shape index (κ3) is 4.13. The molecule has 118 valence electrons. The molecule has 3 unspecified atom stereocenters. The monoisotopic (exact) mass is 291 g/mol. The van der Waals surface area contributed by atoms with Crippen LogP contribution in [0.3, 0.4) is 0 Å². The van der Waals surface area contributed by atoms with Crippen molar-refractivity contribution >= 4 is 0 Å². The van der Waals surface area contributed by atoms with Crippen molar-refractivity contribution in [1.29, 1.82) is 0 Å². The Morgan fingerprint density at radius 2 is 1.86 bits per heavy atom. The minimum Gasteiger partial charge on any atom is -0.490 e. The van der Waals surface area contributed by atoms with E-state index in [1.165, 1.54) is 31.2 Å². The molecule has 3 heteroatoms. The predicted molar refractivity (Wildman–Crippen MR) is 86.8 cm³/mol. The Hall–Kier alpha value is -1.22. The zero-order valence-corrected chi connectivity index (χ0v) is 13.6. The van der Waals surface area contributed by atoms with Crippen LogP contribution < -0.4 is 15.2 Å². The number of rotatable bonds is 6. The predicted octanol–water partition coefficient (Wildman–Crippen LogP) is 4.31. The van der Waals surface area contributed by atoms with Gasteiger partial charge in [-0.1, -0.05) is 25.8 Å². The van der Waals surface area contributed by atoms with Gasteiger partial charge in [-0.25, -0.2) is 0 Å². The fraction of sp³-hybridized carbons (Fsp3) is 0.667. The lowest BCUT2D eigenvalue weighted by Gasteiger charge is -2.31. The van der Waals surface area contributed by atoms with Gasteiger partial charge in [-0.3, -0.25) is 0 Å². The molecule has 1 saturated carbocycles. The Kier molecular flexibility index (Phi) is 5.92. The average Bonchev–Trinajstić information content (AvgIpc) is 2.49. The topological polar surface area (TPSA) is 44.5 Å². The van der Waals surface area contributed by atoms with Gasteiger partial charge in [-0.05, 0) is 56.2 Å². The molecule has 0 spiro atoms. The molecule has 0 amide bonds. The van der Waals surface area contributed by atoms with Crippen molar-refractivity contribution in [3.05, 3.63) is 23.8 Å². The molecule has 21 heavy (non-hydrogen) atoms. The van der Waals surface area contributed by atoms with Crippen molar-refractivity contribution in [1.82, 2.24) is 0 Å². The van der Waals surface area contributed by atoms with Gasteiger partial charge in [0.05, 0.1) is 13.2 Å². The number of ether oxygens (including phenoxy) is 2. The smallest absolute Gasteiger partial charge is 0.161 e. The normalized spacial score (nSPS) is 23.6. The van der Waals surface area contributed by atoms with E-state index >= 15 is 0 Å². The lowest BCUT2D eigenvalue weighted by atomic mass is 9.77. The van der Waals surface area contributed by atoms with Gasteiger partial charge in [-0.2, -0.15) is 0 Å². The summed E-state index contributed by atoms with van der Waals surface area (Å²) in [5, 5.41) is 0. The molecule has 0 aliphatic heterocycles. The van der Waals surface area contributed by atoms with Crippen molar-refractivity contribution in [3.8, 4) is 11.5 Å². The van der Waals surface area contributed by atoms with Gasteiger partial charge >= 0.3 is 0 Å². The van der Waals surface area contributed by atoms with E-state index in [0.717, 1.165) is 17.4 Å². The summed E-state index contributed by atoms with van der Waals surface area (Å²) in [6, 6.07) is 6.26. The molecule has 0 saturated heterocycles. The fourth-order valence-electron chi connectivity index (χ4n) is 3.35. The highest BCUT2D eigenvalue weighted by molar-refractivity contribution is 5.44. The van der Waals surface area contributed by atoms with Gasteiger partial charge in [0.25, 0.3) is 0 Å². The second kappa shape index (κ2) is 7.69. The van der Waals surface area contributed by atoms with E-state index in [1.807, 2.05) is 19.9 Å². The van der Waals surface area contributed by atoms with Gasteiger partial charge in [0.2, 0.25) is 0 Å². The van der Waals surface area contributed by atoms with Crippen LogP contribution in [0.4, 0.5) is 0 Å². The van der Waals surface area contributed by atoms with Crippen LogP contribution in [0.15, 0.2) is 18.2 Å². The van der Waals surface area contributed by atoms with Crippen LogP contribution in [0.25, 0.3) is 0 Å². The molecule has 2 rings (SSSR count). The van der Waals surface area contributed by atoms with Gasteiger partial charge < -0.3 is 15.2 Å². The largest absolute Gasteiger partial charge is 0.490 e. The summed E-state index contributed by atoms with van der Waals surface area (Å²) < 4.78 is 11.3. The Morgan fingerprint density at radius 1 is 1.14 bits per heavy atom. The molecule has 1 aromatic rings. The van der Waals surface area contributed by atoms with Gasteiger partial charge in [0.15, 0.2) is 11.5 Å². The Labute approximate surface area is 128 Å². The molecule has 1 fully saturated rings. The lowest BCUT2D eigenvalue weighted by molar-refractivity contribution is 0.246. The highest BCUT2D eigenvalue weighted by atomic mass is 16.5. The van der Waals surface area contributed by atoms with Gasteiger partial charge in [0, 0.05) is 6.04 Å². The van der Waals surface area contributed by atoms with E-state index in [0.29, 0.717) is 19.1 Å². The molecule has 0 aromatic heterocycles. The second-order valence-corrected chi connectivity index (χ2v) is 6.13. The van der Waals surface area contributed by atoms with Crippen LogP contribution in [0.2, 0.25) is 0 Å². The molecule has 0 radical (unpaired) electrons. The first kappa shape index (κ1) is 16.2. The molecule has 3 atom stereocenters. The molecular formula is C18H29NO2. The van der Waals surface area contributed by atoms with Crippen LogP contribution in [-0.2, 0) is 0 Å². The maximum absolute atomic E-state index is 6.52. The quantitative estimate of drug-likeness (QED) is 0.849. The minimum absolute atomic E-state index is 0.0997. The van der Waals surface area contributed by atoms with Crippen LogP contribution in [0.5, 0.6) is 11.5 Å². The van der Waals surface area contributed by atoms with Crippen LogP contribution in [0, 0.1) is 11.8 Å². The summed E-state index contributed by atoms with van der Waals surface area (Å²) >= 11 is 0. The molecule has 0 heterocycles. The van der Waals surface area contributed by atoms with Crippen molar-refractivity contribution < 1.29 is 9.47 Å². The summed E-state index contributed by atoms with van der Waals surface area (Å²) in [6.07, 6.45) is 5.12. The summed E-state index contributed by atoms with van der Waals surface area (Å²) in [4.78, 5) is 0. The number of hydrogen-bond donors (Lipinski definition) is 1. The molecule has 1 aliphatic rings. The Morgan fingerprint density at radius 3 is 2.52 bits per heavy atom. The molecule has 2 N–H and O–H groups in total. The average molecular weight is 291 g/mol. The summed E-state index contributed by atoms with van der Waals surface area (Å²) in [7, 11) is 0. The highest BCUT2D eigenvalue weighted by Crippen LogP contribution is 2.38. The van der Waals surface area contributed by atoms with E-state index < -0.39 is 0 Å². The molecule has 1 aromatic carbocycles. The summed E-state index contributed by atoms with van der Waals surface area (Å²) in [5.41, 5.74) is 7.69. The van der Waals surface area contributed by atoms with E-state index in [4.69, 9.17) is 15.2 Å². The Bertz CT molecular complexity index is 447. The third-order valence-electron chi connectivity index (χ3n) is 4.44. The second-order valence-electron chi connectivity index (χ2n) is 6.13. The minimum atomic E-state index is 0.0997. The number of benzene rings is 1. The zero-order valence-electron chi connectivity index (χ0n) is 13.6. The van der Waals surface area contributed by atoms with Crippen LogP contribution >= 0.6 is 0 Å². The van der Waals surface area contributed by atoms with Crippen molar-refractivity contribution in [2.45, 2.75) is 52.5 Å². The first-order chi connectivity index (χ1) is 10.2. The maximum Gasteiger partial charge on any atom is 0.161 e. The first-order valence-corrected chi connectivity index (χ1v) is 8.30. The number of hydrogen-bond acceptors (Lipinski definition) is 3. The number of nitrogens with two attached hydrogens (primary N) is 1.